The molecule has 5 heteroatoms. The zero-order chi connectivity index (χ0) is 16.9. The Bertz CT molecular complexity index is 711. The number of nitrogens with one attached hydrogen (secondary N) is 1. The van der Waals surface area contributed by atoms with E-state index in [4.69, 9.17) is 14.2 Å². The standard InChI is InChI=1S/C17H15NO4.C2H6/c19-16-10-22-17-13(15-9-21-15)6-12(7-14(17)18-16)20-8-11-4-2-1-3-5-11;1-2/h1-7,15H,8-10H2,(H,18,19);1-2H3. The minimum absolute atomic E-state index is 0.0315. The quantitative estimate of drug-likeness (QED) is 0.870. The molecule has 2 heterocycles. The monoisotopic (exact) mass is 327 g/mol. The van der Waals surface area contributed by atoms with Crippen LogP contribution in [-0.4, -0.2) is 19.1 Å². The number of carbonyl (C=O) groups excluding carboxylic acids is 1. The van der Waals surface area contributed by atoms with Gasteiger partial charge in [0.25, 0.3) is 5.91 Å². The summed E-state index contributed by atoms with van der Waals surface area (Å²) in [5.74, 6) is 1.23. The molecule has 0 aliphatic carbocycles. The SMILES string of the molecule is CC.O=C1COc2c(cc(OCc3ccccc3)cc2C2CO2)N1. The Morgan fingerprint density at radius 1 is 1.21 bits per heavy atom. The predicted octanol–water partition coefficient (Wildman–Crippen LogP) is 3.69. The molecule has 1 N–H and O–H groups in total. The first-order valence-electron chi connectivity index (χ1n) is 8.18. The summed E-state index contributed by atoms with van der Waals surface area (Å²) in [4.78, 5) is 11.5. The first-order valence-corrected chi connectivity index (χ1v) is 8.18. The molecule has 0 aromatic heterocycles. The number of epoxide rings is 1. The molecule has 126 valence electrons. The van der Waals surface area contributed by atoms with E-state index in [9.17, 15) is 4.79 Å². The van der Waals surface area contributed by atoms with E-state index >= 15 is 0 Å². The summed E-state index contributed by atoms with van der Waals surface area (Å²) in [6.07, 6.45) is 0.0315. The van der Waals surface area contributed by atoms with E-state index in [0.29, 0.717) is 30.4 Å². The third-order valence-electron chi connectivity index (χ3n) is 3.64. The minimum atomic E-state index is -0.157. The summed E-state index contributed by atoms with van der Waals surface area (Å²) < 4.78 is 16.7. The van der Waals surface area contributed by atoms with Crippen LogP contribution in [0.3, 0.4) is 0 Å². The lowest BCUT2D eigenvalue weighted by molar-refractivity contribution is -0.118. The van der Waals surface area contributed by atoms with E-state index < -0.39 is 0 Å². The van der Waals surface area contributed by atoms with Crippen LogP contribution in [-0.2, 0) is 16.1 Å². The molecule has 2 aliphatic rings. The summed E-state index contributed by atoms with van der Waals surface area (Å²) in [7, 11) is 0. The second-order valence-electron chi connectivity index (χ2n) is 5.32. The molecule has 0 radical (unpaired) electrons. The summed E-state index contributed by atoms with van der Waals surface area (Å²) in [5, 5.41) is 2.82. The molecule has 1 amide bonds. The molecular formula is C19H21NO4. The van der Waals surface area contributed by atoms with Crippen molar-refractivity contribution < 1.29 is 19.0 Å². The average molecular weight is 327 g/mol. The molecule has 1 fully saturated rings. The third kappa shape index (κ3) is 3.68. The summed E-state index contributed by atoms with van der Waals surface area (Å²) in [5.41, 5.74) is 2.66. The van der Waals surface area contributed by atoms with Gasteiger partial charge in [-0.1, -0.05) is 44.2 Å². The first-order chi connectivity index (χ1) is 11.8. The third-order valence-corrected chi connectivity index (χ3v) is 3.64. The van der Waals surface area contributed by atoms with Crippen molar-refractivity contribution in [2.75, 3.05) is 18.5 Å². The molecule has 2 aromatic rings. The van der Waals surface area contributed by atoms with Crippen LogP contribution in [0.25, 0.3) is 0 Å². The van der Waals surface area contributed by atoms with Gasteiger partial charge in [0.1, 0.15) is 24.2 Å². The Morgan fingerprint density at radius 2 is 1.96 bits per heavy atom. The number of benzene rings is 2. The van der Waals surface area contributed by atoms with Gasteiger partial charge in [-0.25, -0.2) is 0 Å². The van der Waals surface area contributed by atoms with Gasteiger partial charge in [0.15, 0.2) is 6.61 Å². The van der Waals surface area contributed by atoms with Crippen LogP contribution in [0.5, 0.6) is 11.5 Å². The molecule has 0 saturated carbocycles. The maximum absolute atomic E-state index is 11.5. The topological polar surface area (TPSA) is 60.1 Å². The Balaban J connectivity index is 0.000000815. The van der Waals surface area contributed by atoms with Crippen LogP contribution in [0.15, 0.2) is 42.5 Å². The number of ether oxygens (including phenoxy) is 3. The molecule has 4 rings (SSSR count). The molecule has 1 saturated heterocycles. The fraction of sp³-hybridized carbons (Fsp3) is 0.316. The molecule has 5 nitrogen and oxygen atoms in total. The van der Waals surface area contributed by atoms with Crippen molar-refractivity contribution in [3.8, 4) is 11.5 Å². The Kier molecular flexibility index (Phi) is 5.01. The summed E-state index contributed by atoms with van der Waals surface area (Å²) in [6, 6.07) is 13.7. The van der Waals surface area contributed by atoms with Crippen LogP contribution in [0.4, 0.5) is 5.69 Å². The fourth-order valence-electron chi connectivity index (χ4n) is 2.49. The summed E-state index contributed by atoms with van der Waals surface area (Å²) in [6.45, 7) is 5.18. The van der Waals surface area contributed by atoms with Crippen molar-refractivity contribution in [1.82, 2.24) is 0 Å². The largest absolute Gasteiger partial charge is 0.489 e. The Labute approximate surface area is 141 Å². The Morgan fingerprint density at radius 3 is 2.67 bits per heavy atom. The van der Waals surface area contributed by atoms with E-state index in [1.807, 2.05) is 50.2 Å². The van der Waals surface area contributed by atoms with Crippen LogP contribution in [0.1, 0.15) is 31.1 Å². The van der Waals surface area contributed by atoms with E-state index in [2.05, 4.69) is 5.32 Å². The van der Waals surface area contributed by atoms with E-state index in [1.165, 1.54) is 0 Å². The van der Waals surface area contributed by atoms with Gasteiger partial charge in [-0.2, -0.15) is 0 Å². The Hall–Kier alpha value is -2.53. The van der Waals surface area contributed by atoms with Gasteiger partial charge in [0.2, 0.25) is 0 Å². The number of amides is 1. The van der Waals surface area contributed by atoms with E-state index in [1.54, 1.807) is 6.07 Å². The number of rotatable bonds is 4. The predicted molar refractivity (Wildman–Crippen MR) is 91.4 cm³/mol. The highest BCUT2D eigenvalue weighted by Crippen LogP contribution is 2.44. The number of hydrogen-bond acceptors (Lipinski definition) is 4. The zero-order valence-electron chi connectivity index (χ0n) is 13.9. The molecule has 1 unspecified atom stereocenters. The molecule has 2 aromatic carbocycles. The molecular weight excluding hydrogens is 306 g/mol. The van der Waals surface area contributed by atoms with E-state index in [-0.39, 0.29) is 18.6 Å². The van der Waals surface area contributed by atoms with Gasteiger partial charge in [-0.3, -0.25) is 4.79 Å². The van der Waals surface area contributed by atoms with E-state index in [0.717, 1.165) is 11.1 Å². The smallest absolute Gasteiger partial charge is 0.262 e. The average Bonchev–Trinajstić information content (AvgIpc) is 3.46. The molecule has 2 aliphatic heterocycles. The van der Waals surface area contributed by atoms with Gasteiger partial charge < -0.3 is 19.5 Å². The zero-order valence-corrected chi connectivity index (χ0v) is 13.9. The van der Waals surface area contributed by atoms with Gasteiger partial charge in [-0.15, -0.1) is 0 Å². The lowest BCUT2D eigenvalue weighted by Gasteiger charge is -2.21. The van der Waals surface area contributed by atoms with Crippen molar-refractivity contribution in [2.45, 2.75) is 26.6 Å². The summed E-state index contributed by atoms with van der Waals surface area (Å²) >= 11 is 0. The maximum Gasteiger partial charge on any atom is 0.262 e. The molecule has 24 heavy (non-hydrogen) atoms. The molecule has 0 bridgehead atoms. The van der Waals surface area contributed by atoms with Gasteiger partial charge >= 0.3 is 0 Å². The van der Waals surface area contributed by atoms with Crippen molar-refractivity contribution in [3.63, 3.8) is 0 Å². The van der Waals surface area contributed by atoms with Gasteiger partial charge in [0.05, 0.1) is 12.3 Å². The minimum Gasteiger partial charge on any atom is -0.489 e. The van der Waals surface area contributed by atoms with Crippen molar-refractivity contribution in [2.24, 2.45) is 0 Å². The van der Waals surface area contributed by atoms with Crippen LogP contribution >= 0.6 is 0 Å². The number of fused-ring (bicyclic) bond motifs is 1. The second-order valence-corrected chi connectivity index (χ2v) is 5.32. The lowest BCUT2D eigenvalue weighted by atomic mass is 10.1. The molecule has 0 spiro atoms. The number of carbonyl (C=O) groups is 1. The second kappa shape index (κ2) is 7.36. The number of hydrogen-bond donors (Lipinski definition) is 1. The van der Waals surface area contributed by atoms with Gasteiger partial charge in [0, 0.05) is 11.6 Å². The van der Waals surface area contributed by atoms with Crippen molar-refractivity contribution in [1.29, 1.82) is 0 Å². The lowest BCUT2D eigenvalue weighted by Crippen LogP contribution is -2.26. The van der Waals surface area contributed by atoms with Crippen LogP contribution in [0.2, 0.25) is 0 Å². The first kappa shape index (κ1) is 16.3. The highest BCUT2D eigenvalue weighted by molar-refractivity contribution is 5.96. The van der Waals surface area contributed by atoms with Crippen LogP contribution < -0.4 is 14.8 Å². The van der Waals surface area contributed by atoms with Crippen LogP contribution in [0, 0.1) is 0 Å². The maximum atomic E-state index is 11.5. The van der Waals surface area contributed by atoms with Gasteiger partial charge in [-0.05, 0) is 11.6 Å². The fourth-order valence-corrected chi connectivity index (χ4v) is 2.49. The van der Waals surface area contributed by atoms with Crippen molar-refractivity contribution >= 4 is 11.6 Å². The normalized spacial score (nSPS) is 17.6. The highest BCUT2D eigenvalue weighted by atomic mass is 16.6. The number of anilines is 1. The highest BCUT2D eigenvalue weighted by Gasteiger charge is 2.32. The van der Waals surface area contributed by atoms with Crippen molar-refractivity contribution in [3.05, 3.63) is 53.6 Å². The molecule has 1 atom stereocenters.